The molecule has 1 aromatic carbocycles. The molecule has 3 nitrogen and oxygen atoms in total. The third kappa shape index (κ3) is 3.03. The molecule has 0 atom stereocenters. The molecule has 0 aliphatic heterocycles. The molecule has 2 N–H and O–H groups in total. The number of amides is 1. The predicted molar refractivity (Wildman–Crippen MR) is 76.5 cm³/mol. The van der Waals surface area contributed by atoms with Crippen LogP contribution in [0.3, 0.4) is 0 Å². The second-order valence-electron chi connectivity index (χ2n) is 3.71. The van der Waals surface area contributed by atoms with E-state index in [1.54, 1.807) is 36.6 Å². The van der Waals surface area contributed by atoms with E-state index in [2.05, 4.69) is 10.6 Å². The summed E-state index contributed by atoms with van der Waals surface area (Å²) in [7, 11) is 1.61. The zero-order chi connectivity index (χ0) is 13.0. The van der Waals surface area contributed by atoms with Gasteiger partial charge in [0, 0.05) is 24.0 Å². The van der Waals surface area contributed by atoms with Gasteiger partial charge in [-0.15, -0.1) is 11.3 Å². The molecule has 94 valence electrons. The number of carbonyl (C=O) groups is 1. The summed E-state index contributed by atoms with van der Waals surface area (Å²) in [6.07, 6.45) is 0. The fraction of sp³-hybridized carbons (Fsp3) is 0.154. The molecule has 0 aliphatic carbocycles. The van der Waals surface area contributed by atoms with E-state index in [9.17, 15) is 4.79 Å². The average molecular weight is 281 g/mol. The van der Waals surface area contributed by atoms with E-state index in [1.165, 1.54) is 4.88 Å². The molecular weight excluding hydrogens is 268 g/mol. The van der Waals surface area contributed by atoms with Gasteiger partial charge in [-0.1, -0.05) is 17.7 Å². The third-order valence-electron chi connectivity index (χ3n) is 2.49. The highest BCUT2D eigenvalue weighted by molar-refractivity contribution is 7.09. The molecule has 0 unspecified atom stereocenters. The van der Waals surface area contributed by atoms with Crippen LogP contribution in [0.5, 0.6) is 0 Å². The van der Waals surface area contributed by atoms with Crippen molar-refractivity contribution in [3.8, 4) is 0 Å². The minimum absolute atomic E-state index is 0.120. The predicted octanol–water partition coefficient (Wildman–Crippen LogP) is 3.37. The highest BCUT2D eigenvalue weighted by Crippen LogP contribution is 2.24. The Balaban J connectivity index is 2.13. The maximum atomic E-state index is 11.5. The summed E-state index contributed by atoms with van der Waals surface area (Å²) < 4.78 is 0. The highest BCUT2D eigenvalue weighted by Gasteiger charge is 2.07. The zero-order valence-electron chi connectivity index (χ0n) is 9.87. The first-order valence-electron chi connectivity index (χ1n) is 5.48. The first-order valence-corrected chi connectivity index (χ1v) is 6.74. The number of rotatable bonds is 4. The van der Waals surface area contributed by atoms with Crippen LogP contribution in [0.15, 0.2) is 35.7 Å². The Morgan fingerprint density at radius 1 is 1.39 bits per heavy atom. The Hall–Kier alpha value is -1.52. The molecule has 2 aromatic rings. The average Bonchev–Trinajstić information content (AvgIpc) is 2.90. The van der Waals surface area contributed by atoms with E-state index in [4.69, 9.17) is 11.6 Å². The van der Waals surface area contributed by atoms with Crippen LogP contribution < -0.4 is 10.6 Å². The van der Waals surface area contributed by atoms with Crippen LogP contribution in [-0.2, 0) is 6.54 Å². The van der Waals surface area contributed by atoms with E-state index in [0.29, 0.717) is 17.1 Å². The van der Waals surface area contributed by atoms with Gasteiger partial charge >= 0.3 is 0 Å². The molecule has 0 spiro atoms. The van der Waals surface area contributed by atoms with Crippen molar-refractivity contribution in [3.63, 3.8) is 0 Å². The number of benzene rings is 1. The summed E-state index contributed by atoms with van der Waals surface area (Å²) in [5.41, 5.74) is 1.36. The zero-order valence-corrected chi connectivity index (χ0v) is 11.4. The van der Waals surface area contributed by atoms with E-state index in [-0.39, 0.29) is 5.91 Å². The summed E-state index contributed by atoms with van der Waals surface area (Å²) in [4.78, 5) is 12.7. The van der Waals surface area contributed by atoms with Crippen LogP contribution in [0.1, 0.15) is 15.2 Å². The topological polar surface area (TPSA) is 41.1 Å². The van der Waals surface area contributed by atoms with Gasteiger partial charge in [0.2, 0.25) is 0 Å². The number of hydrogen-bond donors (Lipinski definition) is 2. The van der Waals surface area contributed by atoms with Gasteiger partial charge in [0.15, 0.2) is 0 Å². The smallest absolute Gasteiger partial charge is 0.251 e. The normalized spacial score (nSPS) is 10.1. The van der Waals surface area contributed by atoms with Gasteiger partial charge in [-0.3, -0.25) is 4.79 Å². The maximum absolute atomic E-state index is 11.5. The van der Waals surface area contributed by atoms with Gasteiger partial charge in [0.25, 0.3) is 5.91 Å². The Kier molecular flexibility index (Phi) is 4.23. The number of nitrogens with one attached hydrogen (secondary N) is 2. The van der Waals surface area contributed by atoms with Crippen molar-refractivity contribution >= 4 is 34.5 Å². The third-order valence-corrected chi connectivity index (χ3v) is 3.69. The summed E-state index contributed by atoms with van der Waals surface area (Å²) in [6.45, 7) is 0.703. The van der Waals surface area contributed by atoms with Crippen molar-refractivity contribution in [2.24, 2.45) is 0 Å². The fourth-order valence-electron chi connectivity index (χ4n) is 1.54. The SMILES string of the molecule is CNC(=O)c1ccc(Cl)c(NCc2cccs2)c1. The van der Waals surface area contributed by atoms with Crippen molar-refractivity contribution in [2.45, 2.75) is 6.54 Å². The van der Waals surface area contributed by atoms with Crippen molar-refractivity contribution in [3.05, 3.63) is 51.2 Å². The quantitative estimate of drug-likeness (QED) is 0.901. The molecule has 18 heavy (non-hydrogen) atoms. The molecule has 5 heteroatoms. The Morgan fingerprint density at radius 2 is 2.22 bits per heavy atom. The largest absolute Gasteiger partial charge is 0.379 e. The molecule has 0 saturated heterocycles. The van der Waals surface area contributed by atoms with Crippen molar-refractivity contribution in [1.29, 1.82) is 0 Å². The summed E-state index contributed by atoms with van der Waals surface area (Å²) >= 11 is 7.77. The van der Waals surface area contributed by atoms with Crippen LogP contribution >= 0.6 is 22.9 Å². The number of halogens is 1. The second kappa shape index (κ2) is 5.89. The van der Waals surface area contributed by atoms with Crippen molar-refractivity contribution in [1.82, 2.24) is 5.32 Å². The number of anilines is 1. The van der Waals surface area contributed by atoms with Gasteiger partial charge in [0.1, 0.15) is 0 Å². The Bertz CT molecular complexity index is 540. The van der Waals surface area contributed by atoms with Gasteiger partial charge in [-0.05, 0) is 29.6 Å². The summed E-state index contributed by atoms with van der Waals surface area (Å²) in [5, 5.41) is 8.46. The van der Waals surface area contributed by atoms with Crippen LogP contribution in [0.4, 0.5) is 5.69 Å². The van der Waals surface area contributed by atoms with E-state index >= 15 is 0 Å². The lowest BCUT2D eigenvalue weighted by atomic mass is 10.2. The van der Waals surface area contributed by atoms with Crippen molar-refractivity contribution in [2.75, 3.05) is 12.4 Å². The Morgan fingerprint density at radius 3 is 2.89 bits per heavy atom. The lowest BCUT2D eigenvalue weighted by Crippen LogP contribution is -2.17. The van der Waals surface area contributed by atoms with Gasteiger partial charge in [0.05, 0.1) is 10.7 Å². The molecular formula is C13H13ClN2OS. The molecule has 0 fully saturated rings. The summed E-state index contributed by atoms with van der Waals surface area (Å²) in [5.74, 6) is -0.120. The molecule has 1 aromatic heterocycles. The molecule has 2 rings (SSSR count). The highest BCUT2D eigenvalue weighted by atomic mass is 35.5. The molecule has 0 aliphatic rings. The maximum Gasteiger partial charge on any atom is 0.251 e. The summed E-state index contributed by atoms with van der Waals surface area (Å²) in [6, 6.07) is 9.24. The van der Waals surface area contributed by atoms with Crippen LogP contribution in [0, 0.1) is 0 Å². The lowest BCUT2D eigenvalue weighted by molar-refractivity contribution is 0.0963. The molecule has 0 radical (unpaired) electrons. The monoisotopic (exact) mass is 280 g/mol. The lowest BCUT2D eigenvalue weighted by Gasteiger charge is -2.09. The fourth-order valence-corrected chi connectivity index (χ4v) is 2.37. The van der Waals surface area contributed by atoms with E-state index in [0.717, 1.165) is 5.69 Å². The first-order chi connectivity index (χ1) is 8.70. The number of hydrogen-bond acceptors (Lipinski definition) is 3. The van der Waals surface area contributed by atoms with E-state index < -0.39 is 0 Å². The minimum atomic E-state index is -0.120. The van der Waals surface area contributed by atoms with Crippen LogP contribution in [-0.4, -0.2) is 13.0 Å². The van der Waals surface area contributed by atoms with Crippen LogP contribution in [0.25, 0.3) is 0 Å². The standard InChI is InChI=1S/C13H13ClN2OS/c1-15-13(17)9-4-5-11(14)12(7-9)16-8-10-3-2-6-18-10/h2-7,16H,8H2,1H3,(H,15,17). The minimum Gasteiger partial charge on any atom is -0.379 e. The van der Waals surface area contributed by atoms with Gasteiger partial charge in [-0.25, -0.2) is 0 Å². The molecule has 0 bridgehead atoms. The Labute approximate surface area is 115 Å². The van der Waals surface area contributed by atoms with Gasteiger partial charge < -0.3 is 10.6 Å². The second-order valence-corrected chi connectivity index (χ2v) is 5.15. The molecule has 0 saturated carbocycles. The number of thiophene rings is 1. The van der Waals surface area contributed by atoms with E-state index in [1.807, 2.05) is 17.5 Å². The van der Waals surface area contributed by atoms with Gasteiger partial charge in [-0.2, -0.15) is 0 Å². The van der Waals surface area contributed by atoms with Crippen LogP contribution in [0.2, 0.25) is 5.02 Å². The van der Waals surface area contributed by atoms with Crippen molar-refractivity contribution < 1.29 is 4.79 Å². The molecule has 1 amide bonds. The molecule has 1 heterocycles. The first kappa shape index (κ1) is 12.9. The number of carbonyl (C=O) groups excluding carboxylic acids is 1.